The summed E-state index contributed by atoms with van der Waals surface area (Å²) < 4.78 is 30.6. The second-order valence-electron chi connectivity index (χ2n) is 2.68. The Morgan fingerprint density at radius 3 is 2.62 bits per heavy atom. The molecule has 0 fully saturated rings. The van der Waals surface area contributed by atoms with E-state index in [1.165, 1.54) is 6.07 Å². The standard InChI is InChI=1S/C7H9IO3S2/c1-5(8)4-6-2-3-7(12-6)13(9,10)11/h2-3,5H,4H2,1H3,(H,9,10,11). The van der Waals surface area contributed by atoms with Gasteiger partial charge in [0.05, 0.1) is 0 Å². The van der Waals surface area contributed by atoms with Crippen LogP contribution in [0.1, 0.15) is 11.8 Å². The normalized spacial score (nSPS) is 14.4. The molecule has 74 valence electrons. The Morgan fingerprint density at radius 2 is 2.23 bits per heavy atom. The smallest absolute Gasteiger partial charge is 0.281 e. The quantitative estimate of drug-likeness (QED) is 0.525. The number of rotatable bonds is 3. The average Bonchev–Trinajstić information content (AvgIpc) is 2.32. The Bertz CT molecular complexity index is 380. The molecule has 0 saturated carbocycles. The summed E-state index contributed by atoms with van der Waals surface area (Å²) in [6.07, 6.45) is 0.834. The highest BCUT2D eigenvalue weighted by Crippen LogP contribution is 2.23. The minimum absolute atomic E-state index is 0.0274. The van der Waals surface area contributed by atoms with E-state index < -0.39 is 10.1 Å². The van der Waals surface area contributed by atoms with E-state index in [0.29, 0.717) is 3.92 Å². The largest absolute Gasteiger partial charge is 0.304 e. The van der Waals surface area contributed by atoms with E-state index in [-0.39, 0.29) is 4.21 Å². The summed E-state index contributed by atoms with van der Waals surface area (Å²) in [6.45, 7) is 2.05. The Morgan fingerprint density at radius 1 is 1.62 bits per heavy atom. The molecule has 3 nitrogen and oxygen atoms in total. The van der Waals surface area contributed by atoms with Crippen molar-refractivity contribution in [2.75, 3.05) is 0 Å². The molecule has 1 aromatic rings. The summed E-state index contributed by atoms with van der Waals surface area (Å²) in [5, 5.41) is 0. The summed E-state index contributed by atoms with van der Waals surface area (Å²) in [5.41, 5.74) is 0. The van der Waals surface area contributed by atoms with Gasteiger partial charge in [0, 0.05) is 8.80 Å². The molecule has 6 heteroatoms. The Labute approximate surface area is 95.1 Å². The highest BCUT2D eigenvalue weighted by Gasteiger charge is 2.13. The lowest BCUT2D eigenvalue weighted by Crippen LogP contribution is -1.94. The fourth-order valence-electron chi connectivity index (χ4n) is 0.884. The van der Waals surface area contributed by atoms with Gasteiger partial charge in [0.1, 0.15) is 4.21 Å². The number of halogens is 1. The van der Waals surface area contributed by atoms with Crippen LogP contribution < -0.4 is 0 Å². The fraction of sp³-hybridized carbons (Fsp3) is 0.429. The van der Waals surface area contributed by atoms with Gasteiger partial charge in [-0.25, -0.2) is 0 Å². The van der Waals surface area contributed by atoms with E-state index in [1.54, 1.807) is 6.07 Å². The number of thiophene rings is 1. The summed E-state index contributed by atoms with van der Waals surface area (Å²) in [4.78, 5) is 0.981. The molecule has 0 aromatic carbocycles. The van der Waals surface area contributed by atoms with Crippen LogP contribution in [-0.2, 0) is 16.5 Å². The predicted octanol–water partition coefficient (Wildman–Crippen LogP) is 2.36. The topological polar surface area (TPSA) is 54.4 Å². The first-order valence-electron chi connectivity index (χ1n) is 3.60. The molecular weight excluding hydrogens is 323 g/mol. The lowest BCUT2D eigenvalue weighted by atomic mass is 10.3. The van der Waals surface area contributed by atoms with Gasteiger partial charge in [-0.05, 0) is 18.6 Å². The molecule has 0 saturated heterocycles. The molecule has 1 heterocycles. The highest BCUT2D eigenvalue weighted by molar-refractivity contribution is 14.1. The third-order valence-electron chi connectivity index (χ3n) is 1.37. The van der Waals surface area contributed by atoms with Gasteiger partial charge in [-0.3, -0.25) is 4.55 Å². The van der Waals surface area contributed by atoms with E-state index in [9.17, 15) is 8.42 Å². The van der Waals surface area contributed by atoms with Gasteiger partial charge in [-0.1, -0.05) is 29.5 Å². The zero-order valence-electron chi connectivity index (χ0n) is 6.90. The van der Waals surface area contributed by atoms with Crippen LogP contribution in [0, 0.1) is 0 Å². The number of alkyl halides is 1. The molecule has 0 aliphatic carbocycles. The van der Waals surface area contributed by atoms with Gasteiger partial charge < -0.3 is 0 Å². The minimum atomic E-state index is -4.00. The zero-order valence-corrected chi connectivity index (χ0v) is 10.7. The van der Waals surface area contributed by atoms with Crippen molar-refractivity contribution in [3.05, 3.63) is 17.0 Å². The van der Waals surface area contributed by atoms with E-state index in [4.69, 9.17) is 4.55 Å². The molecule has 0 radical (unpaired) electrons. The zero-order chi connectivity index (χ0) is 10.1. The van der Waals surface area contributed by atoms with Crippen LogP contribution in [0.25, 0.3) is 0 Å². The highest BCUT2D eigenvalue weighted by atomic mass is 127. The van der Waals surface area contributed by atoms with Crippen molar-refractivity contribution in [1.29, 1.82) is 0 Å². The molecule has 0 aliphatic heterocycles. The van der Waals surface area contributed by atoms with Crippen LogP contribution in [0.15, 0.2) is 16.3 Å². The van der Waals surface area contributed by atoms with Gasteiger partial charge >= 0.3 is 10.1 Å². The number of hydrogen-bond donors (Lipinski definition) is 1. The molecule has 0 spiro atoms. The molecule has 0 amide bonds. The van der Waals surface area contributed by atoms with Crippen molar-refractivity contribution < 1.29 is 13.0 Å². The summed E-state index contributed by atoms with van der Waals surface area (Å²) in [7, 11) is -4.00. The molecule has 1 atom stereocenters. The van der Waals surface area contributed by atoms with Crippen LogP contribution in [0.4, 0.5) is 0 Å². The van der Waals surface area contributed by atoms with Crippen LogP contribution in [0.2, 0.25) is 0 Å². The first-order valence-corrected chi connectivity index (χ1v) is 7.10. The van der Waals surface area contributed by atoms with Crippen molar-refractivity contribution in [1.82, 2.24) is 0 Å². The minimum Gasteiger partial charge on any atom is -0.281 e. The van der Waals surface area contributed by atoms with Crippen molar-refractivity contribution >= 4 is 44.0 Å². The first-order chi connectivity index (χ1) is 5.89. The molecule has 0 aliphatic rings. The summed E-state index contributed by atoms with van der Waals surface area (Å²) in [6, 6.07) is 3.18. The van der Waals surface area contributed by atoms with Crippen molar-refractivity contribution in [3.63, 3.8) is 0 Å². The first kappa shape index (κ1) is 11.4. The molecule has 1 N–H and O–H groups in total. The molecule has 1 unspecified atom stereocenters. The molecule has 0 bridgehead atoms. The third kappa shape index (κ3) is 3.53. The summed E-state index contributed by atoms with van der Waals surface area (Å²) in [5.74, 6) is 0. The van der Waals surface area contributed by atoms with Gasteiger partial charge in [0.15, 0.2) is 0 Å². The van der Waals surface area contributed by atoms with Crippen LogP contribution in [-0.4, -0.2) is 16.9 Å². The van der Waals surface area contributed by atoms with Crippen molar-refractivity contribution in [2.45, 2.75) is 21.5 Å². The molecule has 1 aromatic heterocycles. The molecule has 13 heavy (non-hydrogen) atoms. The fourth-order valence-corrected chi connectivity index (χ4v) is 3.50. The summed E-state index contributed by atoms with van der Waals surface area (Å²) >= 11 is 3.40. The van der Waals surface area contributed by atoms with Crippen molar-refractivity contribution in [2.24, 2.45) is 0 Å². The maximum atomic E-state index is 10.7. The molecule has 1 rings (SSSR count). The lowest BCUT2D eigenvalue weighted by molar-refractivity contribution is 0.485. The van der Waals surface area contributed by atoms with Crippen LogP contribution in [0.3, 0.4) is 0 Å². The number of hydrogen-bond acceptors (Lipinski definition) is 3. The van der Waals surface area contributed by atoms with E-state index in [2.05, 4.69) is 22.6 Å². The maximum Gasteiger partial charge on any atom is 0.304 e. The second kappa shape index (κ2) is 4.24. The van der Waals surface area contributed by atoms with Crippen LogP contribution in [0.5, 0.6) is 0 Å². The van der Waals surface area contributed by atoms with Gasteiger partial charge in [0.25, 0.3) is 0 Å². The Hall–Kier alpha value is 0.340. The Balaban J connectivity index is 2.88. The van der Waals surface area contributed by atoms with Gasteiger partial charge in [0.2, 0.25) is 0 Å². The second-order valence-corrected chi connectivity index (χ2v) is 7.62. The Kier molecular flexibility index (Phi) is 3.73. The van der Waals surface area contributed by atoms with E-state index in [0.717, 1.165) is 22.6 Å². The average molecular weight is 332 g/mol. The van der Waals surface area contributed by atoms with Gasteiger partial charge in [-0.2, -0.15) is 8.42 Å². The molecular formula is C7H9IO3S2. The van der Waals surface area contributed by atoms with Crippen LogP contribution >= 0.6 is 33.9 Å². The maximum absolute atomic E-state index is 10.7. The van der Waals surface area contributed by atoms with Crippen molar-refractivity contribution in [3.8, 4) is 0 Å². The third-order valence-corrected chi connectivity index (χ3v) is 4.24. The SMILES string of the molecule is CC(I)Cc1ccc(S(=O)(=O)O)s1. The van der Waals surface area contributed by atoms with Gasteiger partial charge in [-0.15, -0.1) is 11.3 Å². The lowest BCUT2D eigenvalue weighted by Gasteiger charge is -1.97. The van der Waals surface area contributed by atoms with E-state index in [1.807, 2.05) is 6.92 Å². The monoisotopic (exact) mass is 332 g/mol. The predicted molar refractivity (Wildman–Crippen MR) is 61.3 cm³/mol. The van der Waals surface area contributed by atoms with E-state index >= 15 is 0 Å².